The van der Waals surface area contributed by atoms with Gasteiger partial charge < -0.3 is 10.2 Å². The maximum atomic E-state index is 4.50. The van der Waals surface area contributed by atoms with E-state index in [1.807, 2.05) is 7.05 Å². The zero-order chi connectivity index (χ0) is 15.6. The van der Waals surface area contributed by atoms with Gasteiger partial charge in [0.1, 0.15) is 0 Å². The molecule has 0 amide bonds. The van der Waals surface area contributed by atoms with Crippen LogP contribution in [0.25, 0.3) is 0 Å². The number of nitrogens with one attached hydrogen (secondary N) is 1. The number of rotatable bonds is 4. The van der Waals surface area contributed by atoms with Crippen LogP contribution in [-0.2, 0) is 6.42 Å². The lowest BCUT2D eigenvalue weighted by Gasteiger charge is -2.25. The third kappa shape index (κ3) is 3.63. The van der Waals surface area contributed by atoms with Gasteiger partial charge in [0.15, 0.2) is 5.96 Å². The highest BCUT2D eigenvalue weighted by Crippen LogP contribution is 2.47. The quantitative estimate of drug-likeness (QED) is 0.682. The molecule has 1 heterocycles. The van der Waals surface area contributed by atoms with Crippen molar-refractivity contribution in [1.82, 2.24) is 10.2 Å². The Morgan fingerprint density at radius 1 is 1.18 bits per heavy atom. The number of benzene rings is 1. The van der Waals surface area contributed by atoms with Crippen LogP contribution in [0.5, 0.6) is 0 Å². The average Bonchev–Trinajstić information content (AvgIpc) is 3.16. The van der Waals surface area contributed by atoms with Crippen LogP contribution >= 0.6 is 0 Å². The highest BCUT2D eigenvalue weighted by molar-refractivity contribution is 5.80. The first-order chi connectivity index (χ1) is 10.5. The van der Waals surface area contributed by atoms with Gasteiger partial charge in [-0.25, -0.2) is 0 Å². The topological polar surface area (TPSA) is 27.6 Å². The van der Waals surface area contributed by atoms with E-state index in [2.05, 4.69) is 59.4 Å². The van der Waals surface area contributed by atoms with E-state index in [4.69, 9.17) is 0 Å². The zero-order valence-corrected chi connectivity index (χ0v) is 14.2. The molecule has 120 valence electrons. The Labute approximate surface area is 134 Å². The third-order valence-electron chi connectivity index (χ3n) is 5.19. The van der Waals surface area contributed by atoms with Gasteiger partial charge in [-0.05, 0) is 42.1 Å². The molecule has 1 N–H and O–H groups in total. The Morgan fingerprint density at radius 3 is 2.45 bits per heavy atom. The molecule has 1 aliphatic carbocycles. The van der Waals surface area contributed by atoms with Gasteiger partial charge >= 0.3 is 0 Å². The van der Waals surface area contributed by atoms with Crippen molar-refractivity contribution in [3.8, 4) is 0 Å². The van der Waals surface area contributed by atoms with Gasteiger partial charge in [0.25, 0.3) is 0 Å². The van der Waals surface area contributed by atoms with Crippen LogP contribution in [-0.4, -0.2) is 37.5 Å². The van der Waals surface area contributed by atoms with Gasteiger partial charge in [0, 0.05) is 26.7 Å². The van der Waals surface area contributed by atoms with Crippen molar-refractivity contribution in [2.75, 3.05) is 26.7 Å². The molecule has 22 heavy (non-hydrogen) atoms. The predicted octanol–water partition coefficient (Wildman–Crippen LogP) is 3.32. The summed E-state index contributed by atoms with van der Waals surface area (Å²) >= 11 is 0. The molecule has 3 nitrogen and oxygen atoms in total. The molecule has 0 aromatic heterocycles. The average molecular weight is 299 g/mol. The number of hydrogen-bond acceptors (Lipinski definition) is 1. The zero-order valence-electron chi connectivity index (χ0n) is 14.2. The fourth-order valence-electron chi connectivity index (χ4n) is 3.51. The van der Waals surface area contributed by atoms with Gasteiger partial charge in [0.2, 0.25) is 0 Å². The molecule has 3 rings (SSSR count). The second-order valence-electron chi connectivity index (χ2n) is 7.90. The SMILES string of the molecule is CN=C(NCC1(Cc2ccccc2)CC1)N1CCC(C)(C)C1. The van der Waals surface area contributed by atoms with E-state index in [9.17, 15) is 0 Å². The molecule has 1 saturated heterocycles. The second kappa shape index (κ2) is 5.94. The second-order valence-corrected chi connectivity index (χ2v) is 7.90. The lowest BCUT2D eigenvalue weighted by Crippen LogP contribution is -2.43. The monoisotopic (exact) mass is 299 g/mol. The summed E-state index contributed by atoms with van der Waals surface area (Å²) in [6, 6.07) is 10.9. The van der Waals surface area contributed by atoms with E-state index in [1.54, 1.807) is 0 Å². The molecule has 0 bridgehead atoms. The summed E-state index contributed by atoms with van der Waals surface area (Å²) < 4.78 is 0. The van der Waals surface area contributed by atoms with Crippen LogP contribution in [0, 0.1) is 10.8 Å². The fourth-order valence-corrected chi connectivity index (χ4v) is 3.51. The van der Waals surface area contributed by atoms with E-state index >= 15 is 0 Å². The summed E-state index contributed by atoms with van der Waals surface area (Å²) in [5.41, 5.74) is 2.32. The molecule has 1 aliphatic heterocycles. The van der Waals surface area contributed by atoms with Crippen LogP contribution in [0.4, 0.5) is 0 Å². The summed E-state index contributed by atoms with van der Waals surface area (Å²) in [6.45, 7) is 7.97. The summed E-state index contributed by atoms with van der Waals surface area (Å²) in [6.07, 6.45) is 5.10. The molecular formula is C19H29N3. The van der Waals surface area contributed by atoms with Crippen molar-refractivity contribution < 1.29 is 0 Å². The normalized spacial score (nSPS) is 22.7. The predicted molar refractivity (Wildman–Crippen MR) is 93.1 cm³/mol. The Bertz CT molecular complexity index is 529. The molecule has 0 spiro atoms. The lowest BCUT2D eigenvalue weighted by molar-refractivity contribution is 0.367. The summed E-state index contributed by atoms with van der Waals surface area (Å²) in [4.78, 5) is 6.92. The van der Waals surface area contributed by atoms with E-state index in [0.717, 1.165) is 25.6 Å². The van der Waals surface area contributed by atoms with Crippen molar-refractivity contribution in [3.63, 3.8) is 0 Å². The standard InChI is InChI=1S/C19H29N3/c1-18(2)11-12-22(15-18)17(20-3)21-14-19(9-10-19)13-16-7-5-4-6-8-16/h4-8H,9-15H2,1-3H3,(H,20,21). The maximum absolute atomic E-state index is 4.50. The molecule has 3 heteroatoms. The number of hydrogen-bond donors (Lipinski definition) is 1. The number of nitrogens with zero attached hydrogens (tertiary/aromatic N) is 2. The molecule has 0 unspecified atom stereocenters. The maximum Gasteiger partial charge on any atom is 0.193 e. The number of likely N-dealkylation sites (tertiary alicyclic amines) is 1. The van der Waals surface area contributed by atoms with Gasteiger partial charge in [-0.1, -0.05) is 44.2 Å². The van der Waals surface area contributed by atoms with Crippen molar-refractivity contribution in [1.29, 1.82) is 0 Å². The summed E-state index contributed by atoms with van der Waals surface area (Å²) in [5, 5.41) is 3.65. The van der Waals surface area contributed by atoms with Gasteiger partial charge in [-0.15, -0.1) is 0 Å². The molecule has 2 aliphatic rings. The Balaban J connectivity index is 1.55. The van der Waals surface area contributed by atoms with Crippen molar-refractivity contribution >= 4 is 5.96 Å². The molecule has 2 fully saturated rings. The van der Waals surface area contributed by atoms with Crippen molar-refractivity contribution in [3.05, 3.63) is 35.9 Å². The summed E-state index contributed by atoms with van der Waals surface area (Å²) in [5.74, 6) is 1.09. The van der Waals surface area contributed by atoms with Gasteiger partial charge in [-0.3, -0.25) is 4.99 Å². The molecule has 1 saturated carbocycles. The number of aliphatic imine (C=N–C) groups is 1. The lowest BCUT2D eigenvalue weighted by atomic mass is 9.93. The minimum atomic E-state index is 0.416. The van der Waals surface area contributed by atoms with Gasteiger partial charge in [-0.2, -0.15) is 0 Å². The minimum Gasteiger partial charge on any atom is -0.356 e. The van der Waals surface area contributed by atoms with E-state index in [1.165, 1.54) is 31.2 Å². The molecule has 1 aromatic rings. The van der Waals surface area contributed by atoms with E-state index < -0.39 is 0 Å². The highest BCUT2D eigenvalue weighted by atomic mass is 15.3. The Hall–Kier alpha value is -1.51. The summed E-state index contributed by atoms with van der Waals surface area (Å²) in [7, 11) is 1.91. The van der Waals surface area contributed by atoms with Gasteiger partial charge in [0.05, 0.1) is 0 Å². The molecular weight excluding hydrogens is 270 g/mol. The first kappa shape index (κ1) is 15.4. The molecule has 0 radical (unpaired) electrons. The first-order valence-electron chi connectivity index (χ1n) is 8.52. The first-order valence-corrected chi connectivity index (χ1v) is 8.52. The Kier molecular flexibility index (Phi) is 4.16. The van der Waals surface area contributed by atoms with Crippen LogP contribution in [0.2, 0.25) is 0 Å². The van der Waals surface area contributed by atoms with Crippen LogP contribution in [0.1, 0.15) is 38.7 Å². The van der Waals surface area contributed by atoms with Crippen LogP contribution in [0.15, 0.2) is 35.3 Å². The molecule has 0 atom stereocenters. The molecule has 1 aromatic carbocycles. The van der Waals surface area contributed by atoms with Crippen molar-refractivity contribution in [2.45, 2.75) is 39.5 Å². The van der Waals surface area contributed by atoms with E-state index in [0.29, 0.717) is 10.8 Å². The largest absolute Gasteiger partial charge is 0.356 e. The van der Waals surface area contributed by atoms with Crippen molar-refractivity contribution in [2.24, 2.45) is 15.8 Å². The number of guanidine groups is 1. The minimum absolute atomic E-state index is 0.416. The third-order valence-corrected chi connectivity index (χ3v) is 5.19. The van der Waals surface area contributed by atoms with Crippen LogP contribution < -0.4 is 5.32 Å². The Morgan fingerprint density at radius 2 is 1.91 bits per heavy atom. The fraction of sp³-hybridized carbons (Fsp3) is 0.632. The highest BCUT2D eigenvalue weighted by Gasteiger charge is 2.43. The smallest absolute Gasteiger partial charge is 0.193 e. The van der Waals surface area contributed by atoms with E-state index in [-0.39, 0.29) is 0 Å². The van der Waals surface area contributed by atoms with Crippen LogP contribution in [0.3, 0.4) is 0 Å².